The molecule has 12 heavy (non-hydrogen) atoms. The summed E-state index contributed by atoms with van der Waals surface area (Å²) in [5.74, 6) is -1.33. The van der Waals surface area contributed by atoms with Gasteiger partial charge in [0.25, 0.3) is 0 Å². The molecule has 0 spiro atoms. The van der Waals surface area contributed by atoms with Gasteiger partial charge in [-0.2, -0.15) is 0 Å². The van der Waals surface area contributed by atoms with E-state index < -0.39 is 5.97 Å². The average molecular weight is 192 g/mol. The third kappa shape index (κ3) is 4.23. The van der Waals surface area contributed by atoms with E-state index in [0.717, 1.165) is 11.8 Å². The molecule has 70 valence electrons. The fourth-order valence-corrected chi connectivity index (χ4v) is 1.47. The molecule has 0 aromatic carbocycles. The van der Waals surface area contributed by atoms with E-state index in [1.54, 1.807) is 0 Å². The van der Waals surface area contributed by atoms with Crippen LogP contribution in [-0.2, 0) is 14.3 Å². The number of ether oxygens (including phenoxy) is 1. The highest BCUT2D eigenvalue weighted by molar-refractivity contribution is 8.01. The van der Waals surface area contributed by atoms with Crippen LogP contribution in [0.15, 0.2) is 0 Å². The van der Waals surface area contributed by atoms with Gasteiger partial charge in [-0.1, -0.05) is 6.92 Å². The number of carboxylic acid groups (broad SMARTS) is 1. The normalized spacial score (nSPS) is 12.2. The quantitative estimate of drug-likeness (QED) is 0.651. The summed E-state index contributed by atoms with van der Waals surface area (Å²) in [6, 6.07) is 0. The van der Waals surface area contributed by atoms with E-state index in [1.807, 2.05) is 6.92 Å². The fourth-order valence-electron chi connectivity index (χ4n) is 0.656. The second-order valence-electron chi connectivity index (χ2n) is 2.12. The van der Waals surface area contributed by atoms with Crippen LogP contribution in [0.25, 0.3) is 0 Å². The van der Waals surface area contributed by atoms with Gasteiger partial charge in [-0.25, -0.2) is 0 Å². The van der Waals surface area contributed by atoms with Gasteiger partial charge in [0.05, 0.1) is 12.9 Å². The van der Waals surface area contributed by atoms with Crippen molar-refractivity contribution in [2.45, 2.75) is 18.6 Å². The number of aliphatic carboxylic acids is 1. The predicted octanol–water partition coefficient (Wildman–Crippen LogP) is 0.756. The van der Waals surface area contributed by atoms with Crippen molar-refractivity contribution < 1.29 is 19.4 Å². The van der Waals surface area contributed by atoms with Gasteiger partial charge in [-0.15, -0.1) is 11.8 Å². The first-order valence-corrected chi connectivity index (χ1v) is 4.57. The first-order valence-electron chi connectivity index (χ1n) is 3.53. The molecule has 0 aliphatic heterocycles. The molecule has 0 aromatic heterocycles. The molecular weight excluding hydrogens is 180 g/mol. The van der Waals surface area contributed by atoms with E-state index in [-0.39, 0.29) is 17.0 Å². The number of rotatable bonds is 5. The van der Waals surface area contributed by atoms with Crippen LogP contribution < -0.4 is 0 Å². The molecule has 0 aliphatic rings. The minimum absolute atomic E-state index is 0.0619. The molecule has 4 nitrogen and oxygen atoms in total. The number of carbonyl (C=O) groups is 2. The van der Waals surface area contributed by atoms with E-state index in [4.69, 9.17) is 5.11 Å². The standard InChI is InChI=1S/C7H12O4S/c1-3-5(7(10)11-2)12-4-6(8)9/h5H,3-4H2,1-2H3,(H,8,9). The zero-order chi connectivity index (χ0) is 9.56. The molecule has 0 amide bonds. The molecule has 0 bridgehead atoms. The zero-order valence-electron chi connectivity index (χ0n) is 7.07. The third-order valence-corrected chi connectivity index (χ3v) is 2.58. The Kier molecular flexibility index (Phi) is 5.53. The van der Waals surface area contributed by atoms with Crippen molar-refractivity contribution in [3.8, 4) is 0 Å². The molecule has 0 saturated carbocycles. The summed E-state index contributed by atoms with van der Waals surface area (Å²) in [4.78, 5) is 21.1. The summed E-state index contributed by atoms with van der Waals surface area (Å²) >= 11 is 1.09. The highest BCUT2D eigenvalue weighted by Crippen LogP contribution is 2.15. The van der Waals surface area contributed by atoms with Gasteiger partial charge in [0.2, 0.25) is 0 Å². The molecular formula is C7H12O4S. The maximum absolute atomic E-state index is 10.9. The molecule has 0 saturated heterocycles. The van der Waals surface area contributed by atoms with Crippen LogP contribution in [0.4, 0.5) is 0 Å². The molecule has 0 fully saturated rings. The molecule has 0 heterocycles. The van der Waals surface area contributed by atoms with Gasteiger partial charge < -0.3 is 9.84 Å². The highest BCUT2D eigenvalue weighted by atomic mass is 32.2. The SMILES string of the molecule is CCC(SCC(=O)O)C(=O)OC. The van der Waals surface area contributed by atoms with Crippen LogP contribution in [-0.4, -0.2) is 35.2 Å². The number of thioether (sulfide) groups is 1. The molecule has 0 aliphatic carbocycles. The van der Waals surface area contributed by atoms with E-state index in [0.29, 0.717) is 6.42 Å². The lowest BCUT2D eigenvalue weighted by molar-refractivity contribution is -0.140. The van der Waals surface area contributed by atoms with Crippen molar-refractivity contribution in [1.29, 1.82) is 0 Å². The minimum Gasteiger partial charge on any atom is -0.481 e. The Morgan fingerprint density at radius 3 is 2.50 bits per heavy atom. The van der Waals surface area contributed by atoms with E-state index in [2.05, 4.69) is 4.74 Å². The Bertz CT molecular complexity index is 169. The van der Waals surface area contributed by atoms with Gasteiger partial charge in [0.15, 0.2) is 0 Å². The third-order valence-electron chi connectivity index (χ3n) is 1.24. The average Bonchev–Trinajstić information content (AvgIpc) is 2.04. The van der Waals surface area contributed by atoms with Crippen molar-refractivity contribution in [3.63, 3.8) is 0 Å². The number of carbonyl (C=O) groups excluding carboxylic acids is 1. The zero-order valence-corrected chi connectivity index (χ0v) is 7.89. The van der Waals surface area contributed by atoms with Crippen LogP contribution >= 0.6 is 11.8 Å². The largest absolute Gasteiger partial charge is 0.481 e. The van der Waals surface area contributed by atoms with E-state index in [9.17, 15) is 9.59 Å². The Morgan fingerprint density at radius 1 is 1.58 bits per heavy atom. The van der Waals surface area contributed by atoms with Gasteiger partial charge in [0, 0.05) is 0 Å². The smallest absolute Gasteiger partial charge is 0.318 e. The van der Waals surface area contributed by atoms with E-state index in [1.165, 1.54) is 7.11 Å². The second-order valence-corrected chi connectivity index (χ2v) is 3.32. The van der Waals surface area contributed by atoms with Crippen LogP contribution in [0, 0.1) is 0 Å². The Labute approximate surface area is 75.3 Å². The topological polar surface area (TPSA) is 63.6 Å². The molecule has 0 radical (unpaired) electrons. The lowest BCUT2D eigenvalue weighted by Crippen LogP contribution is -2.19. The Balaban J connectivity index is 3.83. The number of hydrogen-bond donors (Lipinski definition) is 1. The Hall–Kier alpha value is -0.710. The summed E-state index contributed by atoms with van der Waals surface area (Å²) in [5.41, 5.74) is 0. The molecule has 1 N–H and O–H groups in total. The van der Waals surface area contributed by atoms with Crippen molar-refractivity contribution in [3.05, 3.63) is 0 Å². The predicted molar refractivity (Wildman–Crippen MR) is 46.2 cm³/mol. The molecule has 1 unspecified atom stereocenters. The number of methoxy groups -OCH3 is 1. The molecule has 5 heteroatoms. The lowest BCUT2D eigenvalue weighted by Gasteiger charge is -2.09. The summed E-state index contributed by atoms with van der Waals surface area (Å²) in [6.45, 7) is 1.82. The van der Waals surface area contributed by atoms with Crippen molar-refractivity contribution in [1.82, 2.24) is 0 Å². The van der Waals surface area contributed by atoms with Gasteiger partial charge in [-0.3, -0.25) is 9.59 Å². The Morgan fingerprint density at radius 2 is 2.17 bits per heavy atom. The van der Waals surface area contributed by atoms with Gasteiger partial charge in [0.1, 0.15) is 5.25 Å². The number of carboxylic acids is 1. The summed E-state index contributed by atoms with van der Waals surface area (Å²) < 4.78 is 4.48. The van der Waals surface area contributed by atoms with Gasteiger partial charge >= 0.3 is 11.9 Å². The number of esters is 1. The molecule has 0 rings (SSSR count). The van der Waals surface area contributed by atoms with Crippen molar-refractivity contribution >= 4 is 23.7 Å². The van der Waals surface area contributed by atoms with E-state index >= 15 is 0 Å². The van der Waals surface area contributed by atoms with Crippen LogP contribution in [0.2, 0.25) is 0 Å². The summed E-state index contributed by atoms with van der Waals surface area (Å²) in [7, 11) is 1.30. The van der Waals surface area contributed by atoms with Gasteiger partial charge in [-0.05, 0) is 6.42 Å². The maximum Gasteiger partial charge on any atom is 0.318 e. The first-order chi connectivity index (χ1) is 5.61. The minimum atomic E-state index is -0.914. The van der Waals surface area contributed by atoms with Crippen LogP contribution in [0.5, 0.6) is 0 Å². The second kappa shape index (κ2) is 5.88. The summed E-state index contributed by atoms with van der Waals surface area (Å²) in [5, 5.41) is 7.98. The lowest BCUT2D eigenvalue weighted by atomic mass is 10.3. The number of hydrogen-bond acceptors (Lipinski definition) is 4. The molecule has 1 atom stereocenters. The molecule has 0 aromatic rings. The van der Waals surface area contributed by atoms with Crippen molar-refractivity contribution in [2.24, 2.45) is 0 Å². The maximum atomic E-state index is 10.9. The van der Waals surface area contributed by atoms with Crippen LogP contribution in [0.1, 0.15) is 13.3 Å². The fraction of sp³-hybridized carbons (Fsp3) is 0.714. The summed E-state index contributed by atoms with van der Waals surface area (Å²) in [6.07, 6.45) is 0.588. The first kappa shape index (κ1) is 11.3. The monoisotopic (exact) mass is 192 g/mol. The van der Waals surface area contributed by atoms with Crippen molar-refractivity contribution in [2.75, 3.05) is 12.9 Å². The highest BCUT2D eigenvalue weighted by Gasteiger charge is 2.18. The van der Waals surface area contributed by atoms with Crippen LogP contribution in [0.3, 0.4) is 0 Å².